The zero-order valence-electron chi connectivity index (χ0n) is 12.4. The maximum atomic E-state index is 11.8. The molecule has 1 aromatic rings. The monoisotopic (exact) mass is 300 g/mol. The van der Waals surface area contributed by atoms with Crippen LogP contribution in [-0.4, -0.2) is 31.6 Å². The number of hydrogen-bond donors (Lipinski definition) is 2. The smallest absolute Gasteiger partial charge is 0.224 e. The van der Waals surface area contributed by atoms with E-state index in [9.17, 15) is 4.79 Å². The summed E-state index contributed by atoms with van der Waals surface area (Å²) in [5.41, 5.74) is 0.997. The van der Waals surface area contributed by atoms with Gasteiger partial charge in [0.15, 0.2) is 0 Å². The molecule has 1 aromatic carbocycles. The molecule has 0 saturated heterocycles. The Bertz CT molecular complexity index is 382. The number of likely N-dealkylation sites (N-methyl/N-ethyl adjacent to an activating group) is 1. The van der Waals surface area contributed by atoms with Crippen molar-refractivity contribution in [3.05, 3.63) is 29.8 Å². The van der Waals surface area contributed by atoms with E-state index in [2.05, 4.69) is 24.5 Å². The number of halogens is 1. The molecule has 1 atom stereocenters. The van der Waals surface area contributed by atoms with E-state index in [0.29, 0.717) is 25.6 Å². The summed E-state index contributed by atoms with van der Waals surface area (Å²) in [6, 6.07) is 7.95. The first-order valence-corrected chi connectivity index (χ1v) is 6.87. The molecule has 0 aromatic heterocycles. The third-order valence-electron chi connectivity index (χ3n) is 2.76. The highest BCUT2D eigenvalue weighted by Crippen LogP contribution is 2.12. The molecule has 20 heavy (non-hydrogen) atoms. The molecular formula is C15H25ClN2O2. The predicted octanol–water partition coefficient (Wildman–Crippen LogP) is 2.16. The van der Waals surface area contributed by atoms with Crippen molar-refractivity contribution >= 4 is 18.3 Å². The van der Waals surface area contributed by atoms with Crippen LogP contribution < -0.4 is 15.4 Å². The molecule has 0 spiro atoms. The summed E-state index contributed by atoms with van der Waals surface area (Å²) >= 11 is 0. The molecule has 0 aliphatic rings. The minimum absolute atomic E-state index is 0. The summed E-state index contributed by atoms with van der Waals surface area (Å²) in [4.78, 5) is 11.8. The van der Waals surface area contributed by atoms with Crippen LogP contribution >= 0.6 is 12.4 Å². The first-order chi connectivity index (χ1) is 9.15. The number of ether oxygens (including phenoxy) is 1. The molecule has 0 bridgehead atoms. The fourth-order valence-corrected chi connectivity index (χ4v) is 1.81. The van der Waals surface area contributed by atoms with Crippen LogP contribution in [-0.2, 0) is 11.2 Å². The van der Waals surface area contributed by atoms with Crippen molar-refractivity contribution in [1.82, 2.24) is 10.6 Å². The van der Waals surface area contributed by atoms with Crippen LogP contribution in [0.15, 0.2) is 24.3 Å². The normalized spacial score (nSPS) is 11.3. The predicted molar refractivity (Wildman–Crippen MR) is 84.7 cm³/mol. The van der Waals surface area contributed by atoms with Gasteiger partial charge in [-0.25, -0.2) is 0 Å². The number of carbonyl (C=O) groups excluding carboxylic acids is 1. The molecule has 4 nitrogen and oxygen atoms in total. The summed E-state index contributed by atoms with van der Waals surface area (Å²) in [6.07, 6.45) is 0.408. The maximum absolute atomic E-state index is 11.8. The van der Waals surface area contributed by atoms with Crippen LogP contribution in [0.4, 0.5) is 0 Å². The molecule has 0 aliphatic carbocycles. The average Bonchev–Trinajstić information content (AvgIpc) is 2.39. The Balaban J connectivity index is 0.00000361. The van der Waals surface area contributed by atoms with Gasteiger partial charge in [-0.2, -0.15) is 0 Å². The van der Waals surface area contributed by atoms with Gasteiger partial charge in [0.2, 0.25) is 5.91 Å². The summed E-state index contributed by atoms with van der Waals surface area (Å²) in [5.74, 6) is 0.890. The lowest BCUT2D eigenvalue weighted by Crippen LogP contribution is -2.39. The van der Waals surface area contributed by atoms with Crippen molar-refractivity contribution in [3.63, 3.8) is 0 Å². The minimum atomic E-state index is 0. The fraction of sp³-hybridized carbons (Fsp3) is 0.533. The Labute approximate surface area is 127 Å². The van der Waals surface area contributed by atoms with Crippen molar-refractivity contribution in [2.24, 2.45) is 0 Å². The number of nitrogens with one attached hydrogen (secondary N) is 2. The zero-order valence-corrected chi connectivity index (χ0v) is 13.3. The maximum Gasteiger partial charge on any atom is 0.224 e. The first kappa shape index (κ1) is 18.7. The number of hydrogen-bond acceptors (Lipinski definition) is 3. The van der Waals surface area contributed by atoms with Crippen molar-refractivity contribution < 1.29 is 9.53 Å². The van der Waals surface area contributed by atoms with Crippen molar-refractivity contribution in [2.75, 3.05) is 19.7 Å². The second-order valence-corrected chi connectivity index (χ2v) is 4.52. The minimum Gasteiger partial charge on any atom is -0.494 e. The lowest BCUT2D eigenvalue weighted by atomic mass is 10.1. The number of amides is 1. The second-order valence-electron chi connectivity index (χ2n) is 4.52. The molecule has 0 saturated carbocycles. The number of rotatable bonds is 8. The van der Waals surface area contributed by atoms with E-state index < -0.39 is 0 Å². The third-order valence-corrected chi connectivity index (χ3v) is 2.76. The Hall–Kier alpha value is -1.26. The van der Waals surface area contributed by atoms with Crippen LogP contribution in [0.2, 0.25) is 0 Å². The van der Waals surface area contributed by atoms with Gasteiger partial charge in [0, 0.05) is 12.6 Å². The van der Waals surface area contributed by atoms with Gasteiger partial charge in [-0.1, -0.05) is 19.1 Å². The molecule has 0 fully saturated rings. The van der Waals surface area contributed by atoms with Gasteiger partial charge in [0.25, 0.3) is 0 Å². The molecule has 0 radical (unpaired) electrons. The van der Waals surface area contributed by atoms with Gasteiger partial charge >= 0.3 is 0 Å². The van der Waals surface area contributed by atoms with Crippen LogP contribution in [0.25, 0.3) is 0 Å². The third kappa shape index (κ3) is 7.36. The van der Waals surface area contributed by atoms with Crippen molar-refractivity contribution in [1.29, 1.82) is 0 Å². The first-order valence-electron chi connectivity index (χ1n) is 6.87. The Kier molecular flexibility index (Phi) is 9.86. The molecule has 2 N–H and O–H groups in total. The topological polar surface area (TPSA) is 50.4 Å². The zero-order chi connectivity index (χ0) is 14.1. The van der Waals surface area contributed by atoms with E-state index in [0.717, 1.165) is 17.9 Å². The van der Waals surface area contributed by atoms with Gasteiger partial charge in [0.05, 0.1) is 13.0 Å². The highest BCUT2D eigenvalue weighted by molar-refractivity contribution is 5.85. The molecule has 0 heterocycles. The SMILES string of the molecule is CCN[C@H](C)CNC(=O)Cc1ccc(OCC)cc1.Cl. The van der Waals surface area contributed by atoms with Gasteiger partial charge in [-0.3, -0.25) is 4.79 Å². The van der Waals surface area contributed by atoms with Crippen molar-refractivity contribution in [3.8, 4) is 5.75 Å². The summed E-state index contributed by atoms with van der Waals surface area (Å²) in [5, 5.41) is 6.18. The van der Waals surface area contributed by atoms with E-state index >= 15 is 0 Å². The Morgan fingerprint density at radius 1 is 1.25 bits per heavy atom. The lowest BCUT2D eigenvalue weighted by Gasteiger charge is -2.13. The average molecular weight is 301 g/mol. The van der Waals surface area contributed by atoms with Gasteiger partial charge in [-0.05, 0) is 38.1 Å². The molecule has 1 amide bonds. The van der Waals surface area contributed by atoms with Gasteiger partial charge in [-0.15, -0.1) is 12.4 Å². The Morgan fingerprint density at radius 3 is 2.45 bits per heavy atom. The van der Waals surface area contributed by atoms with Crippen LogP contribution in [0.5, 0.6) is 5.75 Å². The lowest BCUT2D eigenvalue weighted by molar-refractivity contribution is -0.120. The molecular weight excluding hydrogens is 276 g/mol. The molecule has 5 heteroatoms. The quantitative estimate of drug-likeness (QED) is 0.773. The van der Waals surface area contributed by atoms with E-state index in [4.69, 9.17) is 4.74 Å². The number of benzene rings is 1. The van der Waals surface area contributed by atoms with E-state index in [-0.39, 0.29) is 18.3 Å². The van der Waals surface area contributed by atoms with Crippen LogP contribution in [0, 0.1) is 0 Å². The van der Waals surface area contributed by atoms with Gasteiger partial charge in [0.1, 0.15) is 5.75 Å². The molecule has 0 aliphatic heterocycles. The van der Waals surface area contributed by atoms with Crippen LogP contribution in [0.1, 0.15) is 26.3 Å². The summed E-state index contributed by atoms with van der Waals surface area (Å²) < 4.78 is 5.36. The molecule has 0 unspecified atom stereocenters. The number of carbonyl (C=O) groups is 1. The largest absolute Gasteiger partial charge is 0.494 e. The van der Waals surface area contributed by atoms with E-state index in [1.165, 1.54) is 0 Å². The summed E-state index contributed by atoms with van der Waals surface area (Å²) in [7, 11) is 0. The van der Waals surface area contributed by atoms with Gasteiger partial charge < -0.3 is 15.4 Å². The molecule has 114 valence electrons. The highest BCUT2D eigenvalue weighted by atomic mass is 35.5. The van der Waals surface area contributed by atoms with E-state index in [1.54, 1.807) is 0 Å². The highest BCUT2D eigenvalue weighted by Gasteiger charge is 2.05. The fourth-order valence-electron chi connectivity index (χ4n) is 1.81. The molecule has 1 rings (SSSR count). The van der Waals surface area contributed by atoms with Crippen molar-refractivity contribution in [2.45, 2.75) is 33.2 Å². The summed E-state index contributed by atoms with van der Waals surface area (Å²) in [6.45, 7) is 8.29. The standard InChI is InChI=1S/C15H24N2O2.ClH/c1-4-16-12(3)11-17-15(18)10-13-6-8-14(9-7-13)19-5-2;/h6-9,12,16H,4-5,10-11H2,1-3H3,(H,17,18);1H/t12-;/m1./s1. The van der Waals surface area contributed by atoms with Crippen LogP contribution in [0.3, 0.4) is 0 Å². The Morgan fingerprint density at radius 2 is 1.90 bits per heavy atom. The second kappa shape index (κ2) is 10.5. The van der Waals surface area contributed by atoms with E-state index in [1.807, 2.05) is 31.2 Å².